The molecule has 1 aliphatic carbocycles. The summed E-state index contributed by atoms with van der Waals surface area (Å²) < 4.78 is 2.91. The summed E-state index contributed by atoms with van der Waals surface area (Å²) in [7, 11) is 0. The number of fused-ring (bicyclic) bond motifs is 1. The minimum absolute atomic E-state index is 0.0630. The predicted molar refractivity (Wildman–Crippen MR) is 153 cm³/mol. The smallest absolute Gasteiger partial charge is 0.303 e. The van der Waals surface area contributed by atoms with Gasteiger partial charge in [-0.15, -0.1) is 5.10 Å². The number of piperidine rings is 1. The molecule has 2 atom stereocenters. The molecule has 2 aliphatic rings. The monoisotopic (exact) mass is 534 g/mol. The van der Waals surface area contributed by atoms with Crippen LogP contribution in [-0.2, 0) is 17.6 Å². The van der Waals surface area contributed by atoms with Gasteiger partial charge in [-0.25, -0.2) is 9.36 Å². The number of hydrogen-bond donors (Lipinski definition) is 0. The number of likely N-dealkylation sites (tertiary alicyclic amines) is 1. The van der Waals surface area contributed by atoms with Crippen LogP contribution in [0.1, 0.15) is 63.8 Å². The van der Waals surface area contributed by atoms with Gasteiger partial charge in [0.2, 0.25) is 0 Å². The topological polar surface area (TPSA) is 60.1 Å². The number of Topliss-reactive ketones (excluding diaryl/α,β-unsaturated/α-hetero) is 1. The number of ketones is 1. The summed E-state index contributed by atoms with van der Waals surface area (Å²) in [6, 6.07) is 15.2. The first-order valence-corrected chi connectivity index (χ1v) is 14.6. The quantitative estimate of drug-likeness (QED) is 0.343. The molecule has 0 amide bonds. The number of rotatable bonds is 9. The third-order valence-electron chi connectivity index (χ3n) is 8.18. The summed E-state index contributed by atoms with van der Waals surface area (Å²) in [5.74, 6) is 2.58. The van der Waals surface area contributed by atoms with Gasteiger partial charge in [0, 0.05) is 24.5 Å². The number of halogens is 1. The first-order valence-electron chi connectivity index (χ1n) is 14.2. The van der Waals surface area contributed by atoms with E-state index in [1.165, 1.54) is 60.0 Å². The zero-order valence-electron chi connectivity index (χ0n) is 22.6. The Morgan fingerprint density at radius 3 is 2.53 bits per heavy atom. The summed E-state index contributed by atoms with van der Waals surface area (Å²) >= 11 is 6.22. The summed E-state index contributed by atoms with van der Waals surface area (Å²) in [6.07, 6.45) is 8.55. The molecule has 5 rings (SSSR count). The van der Waals surface area contributed by atoms with Crippen LogP contribution in [0.25, 0.3) is 11.4 Å². The minimum Gasteiger partial charge on any atom is -0.303 e. The van der Waals surface area contributed by atoms with Crippen LogP contribution in [0.15, 0.2) is 53.3 Å². The average Bonchev–Trinajstić information content (AvgIpc) is 3.22. The molecule has 0 radical (unpaired) electrons. The van der Waals surface area contributed by atoms with Crippen LogP contribution >= 0.6 is 11.6 Å². The summed E-state index contributed by atoms with van der Waals surface area (Å²) in [5, 5.41) is 5.14. The van der Waals surface area contributed by atoms with Crippen LogP contribution in [0, 0.1) is 17.8 Å². The molecule has 0 N–H and O–H groups in total. The number of hydrogen-bond acceptors (Lipinski definition) is 4. The van der Waals surface area contributed by atoms with E-state index in [0.717, 1.165) is 24.8 Å². The lowest BCUT2D eigenvalue weighted by atomic mass is 9.75. The standard InChI is InChI=1S/C31H39ClN4O2/c1-22(2)18-29(37)20-30-33-36(31(38)35(30)28-9-5-8-26(32)19-28)27-12-10-23(11-13-27)14-16-34-17-15-24-6-3-4-7-25(24)21-34/h5,8-13,19,22,24-25H,3-4,6-7,14-18,20-21H2,1-2H3. The molecule has 2 fully saturated rings. The Bertz CT molecular complexity index is 1310. The van der Waals surface area contributed by atoms with E-state index >= 15 is 0 Å². The van der Waals surface area contributed by atoms with Crippen LogP contribution in [0.5, 0.6) is 0 Å². The maximum atomic E-state index is 13.5. The molecule has 2 aromatic carbocycles. The Labute approximate surface area is 230 Å². The van der Waals surface area contributed by atoms with E-state index in [0.29, 0.717) is 28.6 Å². The molecular weight excluding hydrogens is 496 g/mol. The van der Waals surface area contributed by atoms with Crippen molar-refractivity contribution in [2.75, 3.05) is 19.6 Å². The summed E-state index contributed by atoms with van der Waals surface area (Å²) in [4.78, 5) is 28.8. The lowest BCUT2D eigenvalue weighted by molar-refractivity contribution is -0.119. The highest BCUT2D eigenvalue weighted by Gasteiger charge is 2.30. The highest BCUT2D eigenvalue weighted by molar-refractivity contribution is 6.30. The van der Waals surface area contributed by atoms with Crippen LogP contribution in [0.2, 0.25) is 5.02 Å². The molecule has 1 aromatic heterocycles. The minimum atomic E-state index is -0.303. The van der Waals surface area contributed by atoms with Crippen LogP contribution in [0.4, 0.5) is 0 Å². The lowest BCUT2D eigenvalue weighted by Crippen LogP contribution is -2.42. The fourth-order valence-corrected chi connectivity index (χ4v) is 6.42. The molecule has 7 heteroatoms. The second-order valence-electron chi connectivity index (χ2n) is 11.5. The lowest BCUT2D eigenvalue weighted by Gasteiger charge is -2.41. The van der Waals surface area contributed by atoms with E-state index < -0.39 is 0 Å². The van der Waals surface area contributed by atoms with E-state index in [-0.39, 0.29) is 23.8 Å². The van der Waals surface area contributed by atoms with Crippen molar-refractivity contribution >= 4 is 17.4 Å². The van der Waals surface area contributed by atoms with E-state index in [2.05, 4.69) is 22.1 Å². The molecule has 202 valence electrons. The van der Waals surface area contributed by atoms with Crippen molar-refractivity contribution in [1.82, 2.24) is 19.2 Å². The Hall–Kier alpha value is -2.70. The van der Waals surface area contributed by atoms with Gasteiger partial charge in [0.15, 0.2) is 0 Å². The summed E-state index contributed by atoms with van der Waals surface area (Å²) in [6.45, 7) is 7.57. The van der Waals surface area contributed by atoms with Crippen molar-refractivity contribution in [3.63, 3.8) is 0 Å². The molecule has 2 heterocycles. The zero-order valence-corrected chi connectivity index (χ0v) is 23.4. The molecule has 3 aromatic rings. The van der Waals surface area contributed by atoms with E-state index in [1.807, 2.05) is 32.0 Å². The van der Waals surface area contributed by atoms with Crippen molar-refractivity contribution in [3.8, 4) is 11.4 Å². The van der Waals surface area contributed by atoms with Crippen LogP contribution in [0.3, 0.4) is 0 Å². The Kier molecular flexibility index (Phi) is 8.49. The van der Waals surface area contributed by atoms with Gasteiger partial charge in [-0.05, 0) is 79.5 Å². The first kappa shape index (κ1) is 26.9. The molecule has 2 unspecified atom stereocenters. The molecular formula is C31H39ClN4O2. The SMILES string of the molecule is CC(C)CC(=O)Cc1nn(-c2ccc(CCN3CCC4CCCCC4C3)cc2)c(=O)n1-c1cccc(Cl)c1. The predicted octanol–water partition coefficient (Wildman–Crippen LogP) is 5.89. The van der Waals surface area contributed by atoms with E-state index in [1.54, 1.807) is 18.2 Å². The molecule has 0 spiro atoms. The largest absolute Gasteiger partial charge is 0.355 e. The van der Waals surface area contributed by atoms with Crippen molar-refractivity contribution in [2.45, 2.75) is 65.2 Å². The number of benzene rings is 2. The number of aromatic nitrogens is 3. The molecule has 1 saturated carbocycles. The maximum Gasteiger partial charge on any atom is 0.355 e. The second kappa shape index (κ2) is 12.0. The van der Waals surface area contributed by atoms with Crippen molar-refractivity contribution in [1.29, 1.82) is 0 Å². The molecule has 6 nitrogen and oxygen atoms in total. The normalized spacial score (nSPS) is 20.0. The maximum absolute atomic E-state index is 13.5. The van der Waals surface area contributed by atoms with Crippen LogP contribution in [-0.4, -0.2) is 44.7 Å². The third kappa shape index (κ3) is 6.29. The summed E-state index contributed by atoms with van der Waals surface area (Å²) in [5.41, 5.74) is 2.26. The molecule has 1 aliphatic heterocycles. The fraction of sp³-hybridized carbons (Fsp3) is 0.516. The fourth-order valence-electron chi connectivity index (χ4n) is 6.24. The molecule has 0 bridgehead atoms. The Balaban J connectivity index is 1.32. The Morgan fingerprint density at radius 2 is 1.79 bits per heavy atom. The van der Waals surface area contributed by atoms with E-state index in [4.69, 9.17) is 11.6 Å². The van der Waals surface area contributed by atoms with E-state index in [9.17, 15) is 9.59 Å². The third-order valence-corrected chi connectivity index (χ3v) is 8.41. The Morgan fingerprint density at radius 1 is 1.03 bits per heavy atom. The van der Waals surface area contributed by atoms with Gasteiger partial charge in [0.1, 0.15) is 11.6 Å². The second-order valence-corrected chi connectivity index (χ2v) is 12.0. The number of carbonyl (C=O) groups is 1. The van der Waals surface area contributed by atoms with Gasteiger partial charge in [-0.2, -0.15) is 4.68 Å². The van der Waals surface area contributed by atoms with Gasteiger partial charge in [-0.3, -0.25) is 4.79 Å². The van der Waals surface area contributed by atoms with Gasteiger partial charge in [0.05, 0.1) is 17.8 Å². The number of nitrogens with zero attached hydrogens (tertiary/aromatic N) is 4. The highest BCUT2D eigenvalue weighted by Crippen LogP contribution is 2.36. The molecule has 1 saturated heterocycles. The number of carbonyl (C=O) groups excluding carboxylic acids is 1. The zero-order chi connectivity index (χ0) is 26.6. The van der Waals surface area contributed by atoms with Gasteiger partial charge in [0.25, 0.3) is 0 Å². The molecule has 38 heavy (non-hydrogen) atoms. The highest BCUT2D eigenvalue weighted by atomic mass is 35.5. The van der Waals surface area contributed by atoms with Crippen molar-refractivity contribution in [3.05, 3.63) is 75.4 Å². The first-order chi connectivity index (χ1) is 18.4. The van der Waals surface area contributed by atoms with Gasteiger partial charge in [-0.1, -0.05) is 62.9 Å². The average molecular weight is 535 g/mol. The van der Waals surface area contributed by atoms with Crippen molar-refractivity contribution in [2.24, 2.45) is 17.8 Å². The van der Waals surface area contributed by atoms with Gasteiger partial charge >= 0.3 is 5.69 Å². The van der Waals surface area contributed by atoms with Crippen molar-refractivity contribution < 1.29 is 4.79 Å². The van der Waals surface area contributed by atoms with Crippen LogP contribution < -0.4 is 5.69 Å². The van der Waals surface area contributed by atoms with Gasteiger partial charge < -0.3 is 4.90 Å².